The van der Waals surface area contributed by atoms with Crippen LogP contribution in [0.25, 0.3) is 21.5 Å². The van der Waals surface area contributed by atoms with E-state index in [9.17, 15) is 13.6 Å². The van der Waals surface area contributed by atoms with E-state index in [-0.39, 0.29) is 11.3 Å². The zero-order valence-electron chi connectivity index (χ0n) is 15.4. The number of nitrogens with one attached hydrogen (secondary N) is 1. The van der Waals surface area contributed by atoms with E-state index in [1.54, 1.807) is 30.5 Å². The number of nitrogens with zero attached hydrogens (tertiary/aromatic N) is 2. The Morgan fingerprint density at radius 1 is 1.24 bits per heavy atom. The van der Waals surface area contributed by atoms with Crippen LogP contribution in [0.2, 0.25) is 0 Å². The summed E-state index contributed by atoms with van der Waals surface area (Å²) in [5.74, 6) is 1.30. The summed E-state index contributed by atoms with van der Waals surface area (Å²) in [7, 11) is 1.89. The van der Waals surface area contributed by atoms with Crippen LogP contribution in [-0.2, 0) is 13.1 Å². The number of ether oxygens (including phenoxy) is 1. The van der Waals surface area contributed by atoms with Crippen LogP contribution in [-0.4, -0.2) is 28.5 Å². The minimum atomic E-state index is -2.84. The predicted molar refractivity (Wildman–Crippen MR) is 106 cm³/mol. The summed E-state index contributed by atoms with van der Waals surface area (Å²) in [5.41, 5.74) is 1.45. The molecule has 0 aliphatic rings. The molecule has 9 heteroatoms. The first-order valence-corrected chi connectivity index (χ1v) is 9.64. The molecule has 0 spiro atoms. The Kier molecular flexibility index (Phi) is 5.41. The zero-order chi connectivity index (χ0) is 20.4. The largest absolute Gasteiger partial charge is 0.464 e. The lowest BCUT2D eigenvalue weighted by molar-refractivity contribution is -0.0498. The number of rotatable bonds is 7. The van der Waals surface area contributed by atoms with Gasteiger partial charge in [-0.25, -0.2) is 4.98 Å². The highest BCUT2D eigenvalue weighted by molar-refractivity contribution is 7.17. The Hall–Kier alpha value is -3.04. The van der Waals surface area contributed by atoms with Gasteiger partial charge in [0.1, 0.15) is 22.2 Å². The number of furan rings is 1. The van der Waals surface area contributed by atoms with E-state index in [0.717, 1.165) is 11.1 Å². The fourth-order valence-corrected chi connectivity index (χ4v) is 4.03. The lowest BCUT2D eigenvalue weighted by atomic mass is 10.2. The number of H-pyrrole nitrogens is 1. The molecule has 6 nitrogen and oxygen atoms in total. The SMILES string of the molecule is CN(Cc1ccc(OC(F)F)cc1)Cc1nc2scc(-c3ccco3)c2c(=O)[nH]1. The summed E-state index contributed by atoms with van der Waals surface area (Å²) in [5, 5.41) is 2.38. The van der Waals surface area contributed by atoms with Gasteiger partial charge in [0.15, 0.2) is 0 Å². The maximum atomic E-state index is 12.6. The molecule has 0 bridgehead atoms. The van der Waals surface area contributed by atoms with Gasteiger partial charge in [-0.15, -0.1) is 11.3 Å². The quantitative estimate of drug-likeness (QED) is 0.480. The molecule has 0 unspecified atom stereocenters. The fourth-order valence-electron chi connectivity index (χ4n) is 3.08. The Bertz CT molecular complexity index is 1150. The summed E-state index contributed by atoms with van der Waals surface area (Å²) in [6, 6.07) is 10.0. The number of thiophene rings is 1. The van der Waals surface area contributed by atoms with Gasteiger partial charge >= 0.3 is 6.61 Å². The van der Waals surface area contributed by atoms with E-state index >= 15 is 0 Å². The number of aromatic amines is 1. The number of fused-ring (bicyclic) bond motifs is 1. The molecule has 0 saturated carbocycles. The number of alkyl halides is 2. The Morgan fingerprint density at radius 3 is 2.72 bits per heavy atom. The topological polar surface area (TPSA) is 71.4 Å². The van der Waals surface area contributed by atoms with Crippen LogP contribution in [0.3, 0.4) is 0 Å². The number of hydrogen-bond acceptors (Lipinski definition) is 6. The van der Waals surface area contributed by atoms with Crippen molar-refractivity contribution in [3.63, 3.8) is 0 Å². The highest BCUT2D eigenvalue weighted by Crippen LogP contribution is 2.30. The van der Waals surface area contributed by atoms with Gasteiger partial charge in [0, 0.05) is 17.5 Å². The van der Waals surface area contributed by atoms with E-state index in [1.807, 2.05) is 17.3 Å². The number of hydrogen-bond donors (Lipinski definition) is 1. The van der Waals surface area contributed by atoms with Crippen molar-refractivity contribution in [2.24, 2.45) is 0 Å². The molecule has 0 saturated heterocycles. The average Bonchev–Trinajstić information content (AvgIpc) is 3.32. The van der Waals surface area contributed by atoms with Crippen LogP contribution in [0, 0.1) is 0 Å². The third kappa shape index (κ3) is 4.36. The number of halogens is 2. The van der Waals surface area contributed by atoms with Crippen molar-refractivity contribution in [2.45, 2.75) is 19.7 Å². The van der Waals surface area contributed by atoms with Crippen LogP contribution >= 0.6 is 11.3 Å². The van der Waals surface area contributed by atoms with Gasteiger partial charge < -0.3 is 14.1 Å². The lowest BCUT2D eigenvalue weighted by Gasteiger charge is -2.16. The maximum Gasteiger partial charge on any atom is 0.387 e. The van der Waals surface area contributed by atoms with Crippen molar-refractivity contribution in [2.75, 3.05) is 7.05 Å². The monoisotopic (exact) mass is 417 g/mol. The summed E-state index contributed by atoms with van der Waals surface area (Å²) in [6.07, 6.45) is 1.57. The lowest BCUT2D eigenvalue weighted by Crippen LogP contribution is -2.21. The van der Waals surface area contributed by atoms with Crippen molar-refractivity contribution < 1.29 is 17.9 Å². The molecule has 150 valence electrons. The second kappa shape index (κ2) is 8.14. The second-order valence-electron chi connectivity index (χ2n) is 6.51. The van der Waals surface area contributed by atoms with Gasteiger partial charge in [-0.1, -0.05) is 12.1 Å². The molecule has 4 rings (SSSR count). The summed E-state index contributed by atoms with van der Waals surface area (Å²) in [6.45, 7) is -1.86. The zero-order valence-corrected chi connectivity index (χ0v) is 16.2. The molecule has 3 heterocycles. The second-order valence-corrected chi connectivity index (χ2v) is 7.37. The van der Waals surface area contributed by atoms with E-state index in [1.165, 1.54) is 23.5 Å². The van der Waals surface area contributed by atoms with Gasteiger partial charge in [0.25, 0.3) is 5.56 Å². The first-order chi connectivity index (χ1) is 14.0. The molecule has 0 fully saturated rings. The molecule has 0 aliphatic carbocycles. The van der Waals surface area contributed by atoms with Gasteiger partial charge in [-0.3, -0.25) is 9.69 Å². The van der Waals surface area contributed by atoms with Crippen LogP contribution < -0.4 is 10.3 Å². The normalized spacial score (nSPS) is 11.6. The van der Waals surface area contributed by atoms with Gasteiger partial charge in [0.05, 0.1) is 18.2 Å². The molecule has 0 amide bonds. The molecule has 0 atom stereocenters. The molecule has 3 aromatic heterocycles. The molecular weight excluding hydrogens is 400 g/mol. The number of benzene rings is 1. The Balaban J connectivity index is 1.48. The third-order valence-corrected chi connectivity index (χ3v) is 5.17. The first kappa shape index (κ1) is 19.3. The van der Waals surface area contributed by atoms with E-state index < -0.39 is 6.61 Å². The fraction of sp³-hybridized carbons (Fsp3) is 0.200. The minimum absolute atomic E-state index is 0.118. The summed E-state index contributed by atoms with van der Waals surface area (Å²) < 4.78 is 34.2. The molecule has 1 N–H and O–H groups in total. The predicted octanol–water partition coefficient (Wildman–Crippen LogP) is 4.48. The van der Waals surface area contributed by atoms with Crippen molar-refractivity contribution in [3.8, 4) is 17.1 Å². The molecule has 4 aromatic rings. The summed E-state index contributed by atoms with van der Waals surface area (Å²) in [4.78, 5) is 22.6. The highest BCUT2D eigenvalue weighted by atomic mass is 32.1. The van der Waals surface area contributed by atoms with E-state index in [2.05, 4.69) is 14.7 Å². The molecule has 0 aliphatic heterocycles. The standard InChI is InChI=1S/C20H17F2N3O3S/c1-25(9-12-4-6-13(7-5-12)28-20(21)22)10-16-23-18(26)17-14(11-29-19(17)24-16)15-3-2-8-27-15/h2-8,11,20H,9-10H2,1H3,(H,23,24,26). The van der Waals surface area contributed by atoms with Crippen LogP contribution in [0.15, 0.2) is 57.3 Å². The Labute approximate surface area is 168 Å². The maximum absolute atomic E-state index is 12.6. The average molecular weight is 417 g/mol. The number of aromatic nitrogens is 2. The first-order valence-electron chi connectivity index (χ1n) is 8.76. The van der Waals surface area contributed by atoms with Crippen molar-refractivity contribution >= 4 is 21.6 Å². The minimum Gasteiger partial charge on any atom is -0.464 e. The van der Waals surface area contributed by atoms with Gasteiger partial charge in [-0.2, -0.15) is 8.78 Å². The van der Waals surface area contributed by atoms with Crippen molar-refractivity contribution in [1.82, 2.24) is 14.9 Å². The molecular formula is C20H17F2N3O3S. The molecule has 0 radical (unpaired) electrons. The van der Waals surface area contributed by atoms with Crippen LogP contribution in [0.4, 0.5) is 8.78 Å². The summed E-state index contributed by atoms with van der Waals surface area (Å²) >= 11 is 1.39. The van der Waals surface area contributed by atoms with Crippen molar-refractivity contribution in [3.05, 3.63) is 69.8 Å². The van der Waals surface area contributed by atoms with E-state index in [4.69, 9.17) is 4.42 Å². The van der Waals surface area contributed by atoms with Gasteiger partial charge in [0.2, 0.25) is 0 Å². The Morgan fingerprint density at radius 2 is 2.03 bits per heavy atom. The highest BCUT2D eigenvalue weighted by Gasteiger charge is 2.15. The smallest absolute Gasteiger partial charge is 0.387 e. The molecule has 29 heavy (non-hydrogen) atoms. The van der Waals surface area contributed by atoms with Crippen LogP contribution in [0.5, 0.6) is 5.75 Å². The van der Waals surface area contributed by atoms with Gasteiger partial charge in [-0.05, 0) is 36.9 Å². The van der Waals surface area contributed by atoms with Crippen molar-refractivity contribution in [1.29, 1.82) is 0 Å². The molecule has 1 aromatic carbocycles. The van der Waals surface area contributed by atoms with Crippen LogP contribution in [0.1, 0.15) is 11.4 Å². The third-order valence-electron chi connectivity index (χ3n) is 4.30. The van der Waals surface area contributed by atoms with E-state index in [0.29, 0.717) is 34.9 Å².